The lowest BCUT2D eigenvalue weighted by Crippen LogP contribution is -2.21. The molecule has 0 radical (unpaired) electrons. The number of aromatic nitrogens is 4. The van der Waals surface area contributed by atoms with Gasteiger partial charge in [-0.1, -0.05) is 11.6 Å². The second kappa shape index (κ2) is 4.58. The van der Waals surface area contributed by atoms with Crippen molar-refractivity contribution < 1.29 is 0 Å². The molecule has 6 nitrogen and oxygen atoms in total. The van der Waals surface area contributed by atoms with Gasteiger partial charge in [-0.25, -0.2) is 9.67 Å². The minimum absolute atomic E-state index is 0.136. The fourth-order valence-electron chi connectivity index (χ4n) is 1.38. The molecule has 0 fully saturated rings. The van der Waals surface area contributed by atoms with Gasteiger partial charge in [-0.05, 0) is 0 Å². The molecule has 2 aromatic heterocycles. The van der Waals surface area contributed by atoms with Gasteiger partial charge in [-0.3, -0.25) is 4.79 Å². The molecule has 1 N–H and O–H groups in total. The summed E-state index contributed by atoms with van der Waals surface area (Å²) in [5.74, 6) is 0.849. The number of hydrogen-bond donors (Lipinski definition) is 1. The van der Waals surface area contributed by atoms with Gasteiger partial charge in [0.1, 0.15) is 10.8 Å². The Morgan fingerprint density at radius 2 is 2.24 bits per heavy atom. The van der Waals surface area contributed by atoms with Crippen molar-refractivity contribution in [1.82, 2.24) is 19.3 Å². The van der Waals surface area contributed by atoms with E-state index in [4.69, 9.17) is 11.6 Å². The van der Waals surface area contributed by atoms with Crippen molar-refractivity contribution in [2.75, 3.05) is 5.32 Å². The highest BCUT2D eigenvalue weighted by Crippen LogP contribution is 2.15. The maximum Gasteiger partial charge on any atom is 0.287 e. The fraction of sp³-hybridized carbons (Fsp3) is 0.300. The Balaban J connectivity index is 2.18. The van der Waals surface area contributed by atoms with Gasteiger partial charge < -0.3 is 9.88 Å². The monoisotopic (exact) mass is 253 g/mol. The van der Waals surface area contributed by atoms with Crippen LogP contribution in [0.5, 0.6) is 0 Å². The Bertz CT molecular complexity index is 589. The van der Waals surface area contributed by atoms with E-state index >= 15 is 0 Å². The lowest BCUT2D eigenvalue weighted by atomic mass is 10.4. The highest BCUT2D eigenvalue weighted by molar-refractivity contribution is 6.32. The number of anilines is 1. The van der Waals surface area contributed by atoms with Crippen molar-refractivity contribution in [2.45, 2.75) is 6.54 Å². The third-order valence-corrected chi connectivity index (χ3v) is 2.80. The Kier molecular flexibility index (Phi) is 3.14. The normalized spacial score (nSPS) is 10.5. The predicted octanol–water partition coefficient (Wildman–Crippen LogP) is 0.779. The summed E-state index contributed by atoms with van der Waals surface area (Å²) in [4.78, 5) is 15.7. The number of hydrogen-bond acceptors (Lipinski definition) is 4. The molecule has 2 heterocycles. The van der Waals surface area contributed by atoms with Gasteiger partial charge >= 0.3 is 0 Å². The van der Waals surface area contributed by atoms with E-state index in [1.165, 1.54) is 10.9 Å². The van der Waals surface area contributed by atoms with Gasteiger partial charge in [0, 0.05) is 26.5 Å². The molecule has 17 heavy (non-hydrogen) atoms. The molecular formula is C10H12ClN5O. The molecular weight excluding hydrogens is 242 g/mol. The molecule has 0 aliphatic rings. The van der Waals surface area contributed by atoms with E-state index in [1.807, 2.05) is 17.8 Å². The van der Waals surface area contributed by atoms with E-state index in [-0.39, 0.29) is 10.6 Å². The molecule has 0 spiro atoms. The van der Waals surface area contributed by atoms with Crippen molar-refractivity contribution >= 4 is 17.3 Å². The molecule has 0 saturated heterocycles. The molecule has 0 bridgehead atoms. The number of rotatable bonds is 3. The first-order valence-corrected chi connectivity index (χ1v) is 5.39. The quantitative estimate of drug-likeness (QED) is 0.878. The zero-order valence-electron chi connectivity index (χ0n) is 9.51. The van der Waals surface area contributed by atoms with Crippen LogP contribution in [-0.2, 0) is 20.6 Å². The fourth-order valence-corrected chi connectivity index (χ4v) is 1.61. The number of halogens is 1. The van der Waals surface area contributed by atoms with Crippen molar-refractivity contribution in [3.63, 3.8) is 0 Å². The van der Waals surface area contributed by atoms with Crippen LogP contribution in [-0.4, -0.2) is 19.3 Å². The van der Waals surface area contributed by atoms with E-state index in [1.54, 1.807) is 13.2 Å². The lowest BCUT2D eigenvalue weighted by Gasteiger charge is -2.08. The molecule has 0 atom stereocenters. The van der Waals surface area contributed by atoms with Gasteiger partial charge in [0.15, 0.2) is 0 Å². The Morgan fingerprint density at radius 3 is 2.88 bits per heavy atom. The molecule has 2 rings (SSSR count). The van der Waals surface area contributed by atoms with Gasteiger partial charge in [-0.15, -0.1) is 0 Å². The Hall–Kier alpha value is -1.82. The molecule has 2 aromatic rings. The Labute approximate surface area is 103 Å². The van der Waals surface area contributed by atoms with Crippen LogP contribution in [0.3, 0.4) is 0 Å². The summed E-state index contributed by atoms with van der Waals surface area (Å²) >= 11 is 5.92. The zero-order valence-corrected chi connectivity index (χ0v) is 10.3. The number of imidazole rings is 1. The first-order chi connectivity index (χ1) is 8.09. The van der Waals surface area contributed by atoms with Crippen LogP contribution in [0.1, 0.15) is 5.82 Å². The summed E-state index contributed by atoms with van der Waals surface area (Å²) in [5.41, 5.74) is 0.189. The summed E-state index contributed by atoms with van der Waals surface area (Å²) in [5, 5.41) is 7.06. The lowest BCUT2D eigenvalue weighted by molar-refractivity contribution is 0.707. The van der Waals surface area contributed by atoms with Gasteiger partial charge in [0.25, 0.3) is 5.56 Å². The summed E-state index contributed by atoms with van der Waals surface area (Å²) in [6, 6.07) is 0. The van der Waals surface area contributed by atoms with Crippen LogP contribution in [0.15, 0.2) is 23.4 Å². The van der Waals surface area contributed by atoms with Crippen molar-refractivity contribution in [2.24, 2.45) is 14.1 Å². The Morgan fingerprint density at radius 1 is 1.47 bits per heavy atom. The summed E-state index contributed by atoms with van der Waals surface area (Å²) < 4.78 is 3.07. The van der Waals surface area contributed by atoms with E-state index in [9.17, 15) is 4.79 Å². The summed E-state index contributed by atoms with van der Waals surface area (Å²) in [7, 11) is 3.45. The highest BCUT2D eigenvalue weighted by Gasteiger charge is 2.07. The molecule has 0 amide bonds. The largest absolute Gasteiger partial charge is 0.375 e. The van der Waals surface area contributed by atoms with E-state index < -0.39 is 0 Å². The van der Waals surface area contributed by atoms with E-state index in [2.05, 4.69) is 15.4 Å². The van der Waals surface area contributed by atoms with Crippen molar-refractivity contribution in [3.05, 3.63) is 39.8 Å². The average Bonchev–Trinajstić information content (AvgIpc) is 2.71. The average molecular weight is 254 g/mol. The van der Waals surface area contributed by atoms with E-state index in [0.29, 0.717) is 12.2 Å². The minimum atomic E-state index is -0.323. The van der Waals surface area contributed by atoms with Crippen LogP contribution in [0.25, 0.3) is 0 Å². The maximum atomic E-state index is 11.5. The third-order valence-electron chi connectivity index (χ3n) is 2.44. The number of nitrogens with one attached hydrogen (secondary N) is 1. The van der Waals surface area contributed by atoms with Crippen LogP contribution >= 0.6 is 11.6 Å². The highest BCUT2D eigenvalue weighted by atomic mass is 35.5. The summed E-state index contributed by atoms with van der Waals surface area (Å²) in [6.07, 6.45) is 5.08. The zero-order chi connectivity index (χ0) is 12.4. The van der Waals surface area contributed by atoms with Crippen LogP contribution in [0.2, 0.25) is 5.02 Å². The molecule has 0 aliphatic carbocycles. The smallest absolute Gasteiger partial charge is 0.287 e. The standard InChI is InChI=1S/C10H12ClN5O/c1-15-4-3-12-8(15)6-13-7-5-14-16(2)10(17)9(7)11/h3-5,13H,6H2,1-2H3. The predicted molar refractivity (Wildman–Crippen MR) is 65.0 cm³/mol. The first-order valence-electron chi connectivity index (χ1n) is 5.01. The van der Waals surface area contributed by atoms with Crippen LogP contribution < -0.4 is 10.9 Å². The van der Waals surface area contributed by atoms with Crippen molar-refractivity contribution in [1.29, 1.82) is 0 Å². The second-order valence-corrected chi connectivity index (χ2v) is 3.99. The molecule has 0 saturated carbocycles. The minimum Gasteiger partial charge on any atom is -0.375 e. The topological polar surface area (TPSA) is 64.7 Å². The summed E-state index contributed by atoms with van der Waals surface area (Å²) in [6.45, 7) is 0.484. The molecule has 0 aromatic carbocycles. The molecule has 0 aliphatic heterocycles. The molecule has 90 valence electrons. The first kappa shape index (κ1) is 11.7. The van der Waals surface area contributed by atoms with Crippen LogP contribution in [0.4, 0.5) is 5.69 Å². The van der Waals surface area contributed by atoms with E-state index in [0.717, 1.165) is 5.82 Å². The second-order valence-electron chi connectivity index (χ2n) is 3.61. The van der Waals surface area contributed by atoms with Gasteiger partial charge in [-0.2, -0.15) is 5.10 Å². The maximum absolute atomic E-state index is 11.5. The molecule has 0 unspecified atom stereocenters. The van der Waals surface area contributed by atoms with Crippen LogP contribution in [0, 0.1) is 0 Å². The van der Waals surface area contributed by atoms with Gasteiger partial charge in [0.2, 0.25) is 0 Å². The number of nitrogens with zero attached hydrogens (tertiary/aromatic N) is 4. The van der Waals surface area contributed by atoms with Gasteiger partial charge in [0.05, 0.1) is 18.4 Å². The SMILES string of the molecule is Cn1ccnc1CNc1cnn(C)c(=O)c1Cl. The van der Waals surface area contributed by atoms with Crippen molar-refractivity contribution in [3.8, 4) is 0 Å². The number of aryl methyl sites for hydroxylation is 2. The third kappa shape index (κ3) is 2.31. The molecule has 7 heteroatoms.